The predicted molar refractivity (Wildman–Crippen MR) is 102 cm³/mol. The van der Waals surface area contributed by atoms with Crippen molar-refractivity contribution in [2.75, 3.05) is 25.0 Å². The average molecular weight is 394 g/mol. The van der Waals surface area contributed by atoms with E-state index in [9.17, 15) is 18.0 Å². The number of rotatable bonds is 6. The summed E-state index contributed by atoms with van der Waals surface area (Å²) in [4.78, 5) is 14.5. The normalized spacial score (nSPS) is 15.6. The van der Waals surface area contributed by atoms with Gasteiger partial charge in [0.05, 0.1) is 11.3 Å². The van der Waals surface area contributed by atoms with Crippen LogP contribution in [0.1, 0.15) is 43.2 Å². The first kappa shape index (κ1) is 20.4. The zero-order valence-electron chi connectivity index (χ0n) is 15.9. The molecule has 1 aromatic carbocycles. The van der Waals surface area contributed by atoms with E-state index < -0.39 is 11.7 Å². The minimum Gasteiger partial charge on any atom is -0.309 e. The number of hydrogen-bond acceptors (Lipinski definition) is 3. The second kappa shape index (κ2) is 8.77. The molecule has 1 saturated heterocycles. The number of H-pyrrole nitrogens is 1. The van der Waals surface area contributed by atoms with Crippen LogP contribution in [-0.4, -0.2) is 40.6 Å². The van der Waals surface area contributed by atoms with Gasteiger partial charge in [-0.3, -0.25) is 9.89 Å². The molecule has 2 aromatic rings. The largest absolute Gasteiger partial charge is 0.416 e. The van der Waals surface area contributed by atoms with Crippen molar-refractivity contribution in [3.63, 3.8) is 0 Å². The lowest BCUT2D eigenvalue weighted by Crippen LogP contribution is -2.31. The molecule has 0 aliphatic carbocycles. The maximum atomic E-state index is 13.0. The van der Waals surface area contributed by atoms with Crippen molar-refractivity contribution in [1.29, 1.82) is 0 Å². The Labute approximate surface area is 162 Å². The van der Waals surface area contributed by atoms with Crippen LogP contribution in [0.3, 0.4) is 0 Å². The van der Waals surface area contributed by atoms with Gasteiger partial charge in [0, 0.05) is 18.1 Å². The number of anilines is 1. The quantitative estimate of drug-likeness (QED) is 0.752. The first-order valence-electron chi connectivity index (χ1n) is 9.59. The van der Waals surface area contributed by atoms with E-state index in [1.54, 1.807) is 13.0 Å². The Balaban J connectivity index is 1.57. The molecule has 0 unspecified atom stereocenters. The van der Waals surface area contributed by atoms with Gasteiger partial charge in [0.15, 0.2) is 5.82 Å². The van der Waals surface area contributed by atoms with Gasteiger partial charge in [0.2, 0.25) is 5.91 Å². The summed E-state index contributed by atoms with van der Waals surface area (Å²) in [5, 5.41) is 9.44. The third-order valence-electron chi connectivity index (χ3n) is 5.03. The van der Waals surface area contributed by atoms with Crippen molar-refractivity contribution < 1.29 is 18.0 Å². The molecular weight excluding hydrogens is 369 g/mol. The number of amides is 1. The van der Waals surface area contributed by atoms with Crippen LogP contribution in [0.5, 0.6) is 0 Å². The Morgan fingerprint density at radius 2 is 1.96 bits per heavy atom. The van der Waals surface area contributed by atoms with Crippen molar-refractivity contribution in [2.45, 2.75) is 45.2 Å². The van der Waals surface area contributed by atoms with E-state index in [0.717, 1.165) is 38.2 Å². The Morgan fingerprint density at radius 1 is 1.21 bits per heavy atom. The van der Waals surface area contributed by atoms with Gasteiger partial charge in [0.25, 0.3) is 0 Å². The monoisotopic (exact) mass is 394 g/mol. The summed E-state index contributed by atoms with van der Waals surface area (Å²) in [7, 11) is 0. The second-order valence-electron chi connectivity index (χ2n) is 7.25. The molecule has 1 aliphatic heterocycles. The first-order valence-corrected chi connectivity index (χ1v) is 9.59. The number of nitrogens with one attached hydrogen (secondary N) is 2. The fourth-order valence-corrected chi connectivity index (χ4v) is 3.46. The van der Waals surface area contributed by atoms with Gasteiger partial charge in [-0.25, -0.2) is 0 Å². The predicted octanol–water partition coefficient (Wildman–Crippen LogP) is 4.61. The Morgan fingerprint density at radius 3 is 2.68 bits per heavy atom. The van der Waals surface area contributed by atoms with Gasteiger partial charge >= 0.3 is 6.18 Å². The second-order valence-corrected chi connectivity index (χ2v) is 7.25. The van der Waals surface area contributed by atoms with Crippen molar-refractivity contribution in [2.24, 2.45) is 0 Å². The number of aromatic nitrogens is 2. The van der Waals surface area contributed by atoms with Crippen LogP contribution in [0.25, 0.3) is 11.3 Å². The first-order chi connectivity index (χ1) is 13.3. The Bertz CT molecular complexity index is 810. The third kappa shape index (κ3) is 5.34. The van der Waals surface area contributed by atoms with Gasteiger partial charge in [-0.2, -0.15) is 18.3 Å². The molecular formula is C20H25F3N4O. The highest BCUT2D eigenvalue weighted by molar-refractivity contribution is 5.90. The summed E-state index contributed by atoms with van der Waals surface area (Å²) >= 11 is 0. The number of aryl methyl sites for hydroxylation is 1. The number of carbonyl (C=O) groups excluding carboxylic acids is 1. The van der Waals surface area contributed by atoms with Crippen LogP contribution in [0, 0.1) is 6.92 Å². The summed E-state index contributed by atoms with van der Waals surface area (Å²) in [6.45, 7) is 4.83. The average Bonchev–Trinajstić information content (AvgIpc) is 3.10. The Kier molecular flexibility index (Phi) is 6.39. The van der Waals surface area contributed by atoms with Gasteiger partial charge in [-0.05, 0) is 63.5 Å². The molecule has 2 N–H and O–H groups in total. The van der Waals surface area contributed by atoms with E-state index in [0.29, 0.717) is 29.1 Å². The lowest BCUT2D eigenvalue weighted by atomic mass is 10.0. The maximum Gasteiger partial charge on any atom is 0.416 e. The van der Waals surface area contributed by atoms with Crippen LogP contribution < -0.4 is 5.32 Å². The molecule has 1 aliphatic rings. The standard InChI is InChI=1S/C20H25F3N4O/c1-14-7-8-15(20(21,22)23)12-16(14)17-13-18(26-25-17)24-19(28)6-5-11-27-9-3-2-4-10-27/h7-8,12-13H,2-6,9-11H2,1H3,(H2,24,25,26,28). The Hall–Kier alpha value is -2.35. The molecule has 0 radical (unpaired) electrons. The van der Waals surface area contributed by atoms with E-state index in [1.165, 1.54) is 25.3 Å². The zero-order valence-corrected chi connectivity index (χ0v) is 15.9. The molecule has 0 saturated carbocycles. The number of likely N-dealkylation sites (tertiary alicyclic amines) is 1. The third-order valence-corrected chi connectivity index (χ3v) is 5.03. The van der Waals surface area contributed by atoms with Crippen molar-refractivity contribution in [3.8, 4) is 11.3 Å². The van der Waals surface area contributed by atoms with Crippen LogP contribution >= 0.6 is 0 Å². The SMILES string of the molecule is Cc1ccc(C(F)(F)F)cc1-c1cc(NC(=O)CCCN2CCCCC2)n[nH]1. The minimum atomic E-state index is -4.41. The molecule has 1 amide bonds. The fraction of sp³-hybridized carbons (Fsp3) is 0.500. The van der Waals surface area contributed by atoms with Gasteiger partial charge in [0.1, 0.15) is 0 Å². The van der Waals surface area contributed by atoms with Gasteiger partial charge < -0.3 is 10.2 Å². The molecule has 152 valence electrons. The zero-order chi connectivity index (χ0) is 20.1. The number of hydrogen-bond donors (Lipinski definition) is 2. The van der Waals surface area contributed by atoms with E-state index in [-0.39, 0.29) is 5.91 Å². The molecule has 1 fully saturated rings. The smallest absolute Gasteiger partial charge is 0.309 e. The van der Waals surface area contributed by atoms with Crippen LogP contribution in [0.2, 0.25) is 0 Å². The minimum absolute atomic E-state index is 0.143. The molecule has 0 atom stereocenters. The van der Waals surface area contributed by atoms with Crippen molar-refractivity contribution >= 4 is 11.7 Å². The fourth-order valence-electron chi connectivity index (χ4n) is 3.46. The van der Waals surface area contributed by atoms with E-state index in [4.69, 9.17) is 0 Å². The van der Waals surface area contributed by atoms with E-state index >= 15 is 0 Å². The lowest BCUT2D eigenvalue weighted by Gasteiger charge is -2.26. The summed E-state index contributed by atoms with van der Waals surface area (Å²) in [6.07, 6.45) is 0.475. The molecule has 8 heteroatoms. The molecule has 5 nitrogen and oxygen atoms in total. The summed E-state index contributed by atoms with van der Waals surface area (Å²) in [5.74, 6) is 0.172. The number of alkyl halides is 3. The van der Waals surface area contributed by atoms with Gasteiger partial charge in [-0.15, -0.1) is 0 Å². The molecule has 0 spiro atoms. The topological polar surface area (TPSA) is 61.0 Å². The number of benzene rings is 1. The van der Waals surface area contributed by atoms with Crippen LogP contribution in [0.15, 0.2) is 24.3 Å². The maximum absolute atomic E-state index is 13.0. The molecule has 1 aromatic heterocycles. The summed E-state index contributed by atoms with van der Waals surface area (Å²) in [6, 6.07) is 5.14. The van der Waals surface area contributed by atoms with E-state index in [2.05, 4.69) is 20.4 Å². The lowest BCUT2D eigenvalue weighted by molar-refractivity contribution is -0.137. The van der Waals surface area contributed by atoms with Crippen molar-refractivity contribution in [1.82, 2.24) is 15.1 Å². The molecule has 3 rings (SSSR count). The van der Waals surface area contributed by atoms with E-state index in [1.807, 2.05) is 0 Å². The van der Waals surface area contributed by atoms with Crippen molar-refractivity contribution in [3.05, 3.63) is 35.4 Å². The van der Waals surface area contributed by atoms with Crippen LogP contribution in [-0.2, 0) is 11.0 Å². The highest BCUT2D eigenvalue weighted by Crippen LogP contribution is 2.33. The number of nitrogens with zero attached hydrogens (tertiary/aromatic N) is 2. The number of halogens is 3. The molecule has 2 heterocycles. The highest BCUT2D eigenvalue weighted by atomic mass is 19.4. The highest BCUT2D eigenvalue weighted by Gasteiger charge is 2.31. The van der Waals surface area contributed by atoms with Crippen LogP contribution in [0.4, 0.5) is 19.0 Å². The molecule has 28 heavy (non-hydrogen) atoms. The number of piperidine rings is 1. The summed E-state index contributed by atoms with van der Waals surface area (Å²) < 4.78 is 38.9. The summed E-state index contributed by atoms with van der Waals surface area (Å²) in [5.41, 5.74) is 0.821. The van der Waals surface area contributed by atoms with Gasteiger partial charge in [-0.1, -0.05) is 12.5 Å². The number of carbonyl (C=O) groups is 1. The molecule has 0 bridgehead atoms. The number of aromatic amines is 1.